The minimum absolute atomic E-state index is 0. The summed E-state index contributed by atoms with van der Waals surface area (Å²) in [5.41, 5.74) is 0.508. The summed E-state index contributed by atoms with van der Waals surface area (Å²) in [5.74, 6) is 0.969. The summed E-state index contributed by atoms with van der Waals surface area (Å²) < 4.78 is 5.38. The van der Waals surface area contributed by atoms with Gasteiger partial charge in [-0.15, -0.1) is 24.0 Å². The van der Waals surface area contributed by atoms with Crippen LogP contribution in [0.1, 0.15) is 51.9 Å². The van der Waals surface area contributed by atoms with Gasteiger partial charge in [0.2, 0.25) is 0 Å². The van der Waals surface area contributed by atoms with Crippen LogP contribution in [0.25, 0.3) is 0 Å². The summed E-state index contributed by atoms with van der Waals surface area (Å²) in [6, 6.07) is 0. The Morgan fingerprint density at radius 3 is 2.46 bits per heavy atom. The van der Waals surface area contributed by atoms with Gasteiger partial charge < -0.3 is 15.4 Å². The zero-order valence-electron chi connectivity index (χ0n) is 15.6. The van der Waals surface area contributed by atoms with Crippen LogP contribution >= 0.6 is 24.0 Å². The van der Waals surface area contributed by atoms with Crippen molar-refractivity contribution in [1.29, 1.82) is 0 Å². The molecule has 1 aliphatic carbocycles. The first-order valence-electron chi connectivity index (χ1n) is 9.53. The first-order chi connectivity index (χ1) is 11.3. The lowest BCUT2D eigenvalue weighted by Crippen LogP contribution is -2.43. The van der Waals surface area contributed by atoms with Crippen LogP contribution in [0.5, 0.6) is 0 Å². The molecule has 0 bridgehead atoms. The SMILES string of the molecule is CCC1(CNC(=NC)NCCCCN2CCOCC2)CCCC1.I. The van der Waals surface area contributed by atoms with Gasteiger partial charge in [-0.3, -0.25) is 9.89 Å². The minimum Gasteiger partial charge on any atom is -0.379 e. The molecule has 1 saturated carbocycles. The lowest BCUT2D eigenvalue weighted by atomic mass is 9.83. The Labute approximate surface area is 165 Å². The van der Waals surface area contributed by atoms with E-state index in [-0.39, 0.29) is 24.0 Å². The third-order valence-electron chi connectivity index (χ3n) is 5.57. The summed E-state index contributed by atoms with van der Waals surface area (Å²) >= 11 is 0. The van der Waals surface area contributed by atoms with Crippen molar-refractivity contribution in [1.82, 2.24) is 15.5 Å². The third kappa shape index (κ3) is 7.44. The fourth-order valence-corrected chi connectivity index (χ4v) is 3.76. The molecule has 2 fully saturated rings. The number of rotatable bonds is 8. The van der Waals surface area contributed by atoms with E-state index in [4.69, 9.17) is 4.74 Å². The summed E-state index contributed by atoms with van der Waals surface area (Å²) in [6.45, 7) is 9.57. The summed E-state index contributed by atoms with van der Waals surface area (Å²) in [6.07, 6.45) is 9.22. The number of morpholine rings is 1. The highest BCUT2D eigenvalue weighted by Crippen LogP contribution is 2.40. The van der Waals surface area contributed by atoms with Gasteiger partial charge in [0, 0.05) is 33.2 Å². The Hall–Kier alpha value is -0.0800. The number of hydrogen-bond donors (Lipinski definition) is 2. The van der Waals surface area contributed by atoms with Crippen LogP contribution < -0.4 is 10.6 Å². The van der Waals surface area contributed by atoms with Gasteiger partial charge in [0.25, 0.3) is 0 Å². The Morgan fingerprint density at radius 2 is 1.83 bits per heavy atom. The number of unbranched alkanes of at least 4 members (excludes halogenated alkanes) is 1. The van der Waals surface area contributed by atoms with E-state index in [2.05, 4.69) is 27.4 Å². The molecule has 5 nitrogen and oxygen atoms in total. The number of hydrogen-bond acceptors (Lipinski definition) is 3. The fraction of sp³-hybridized carbons (Fsp3) is 0.944. The summed E-state index contributed by atoms with van der Waals surface area (Å²) in [7, 11) is 1.87. The van der Waals surface area contributed by atoms with Gasteiger partial charge in [-0.1, -0.05) is 19.8 Å². The summed E-state index contributed by atoms with van der Waals surface area (Å²) in [4.78, 5) is 6.87. The van der Waals surface area contributed by atoms with E-state index < -0.39 is 0 Å². The van der Waals surface area contributed by atoms with Crippen molar-refractivity contribution in [2.75, 3.05) is 53.0 Å². The van der Waals surface area contributed by atoms with Crippen LogP contribution in [0.4, 0.5) is 0 Å². The zero-order chi connectivity index (χ0) is 16.4. The second-order valence-corrected chi connectivity index (χ2v) is 7.07. The molecule has 6 heteroatoms. The monoisotopic (exact) mass is 452 g/mol. The van der Waals surface area contributed by atoms with Crippen LogP contribution in [-0.2, 0) is 4.74 Å². The quantitative estimate of drug-likeness (QED) is 0.258. The predicted octanol–water partition coefficient (Wildman–Crippen LogP) is 2.85. The van der Waals surface area contributed by atoms with Crippen LogP contribution in [0.3, 0.4) is 0 Å². The first-order valence-corrected chi connectivity index (χ1v) is 9.53. The smallest absolute Gasteiger partial charge is 0.190 e. The maximum Gasteiger partial charge on any atom is 0.190 e. The molecular weight excluding hydrogens is 415 g/mol. The molecule has 0 atom stereocenters. The molecule has 0 aromatic rings. The molecule has 142 valence electrons. The lowest BCUT2D eigenvalue weighted by Gasteiger charge is -2.28. The molecule has 2 aliphatic rings. The molecule has 1 saturated heterocycles. The van der Waals surface area contributed by atoms with Crippen molar-refractivity contribution in [2.24, 2.45) is 10.4 Å². The molecule has 0 aromatic heterocycles. The van der Waals surface area contributed by atoms with Gasteiger partial charge in [0.05, 0.1) is 13.2 Å². The number of ether oxygens (including phenoxy) is 1. The van der Waals surface area contributed by atoms with Crippen molar-refractivity contribution in [3.63, 3.8) is 0 Å². The van der Waals surface area contributed by atoms with E-state index in [9.17, 15) is 0 Å². The number of nitrogens with one attached hydrogen (secondary N) is 2. The molecule has 0 amide bonds. The average Bonchev–Trinajstić information content (AvgIpc) is 3.08. The van der Waals surface area contributed by atoms with Gasteiger partial charge >= 0.3 is 0 Å². The molecule has 2 N–H and O–H groups in total. The molecule has 1 heterocycles. The zero-order valence-corrected chi connectivity index (χ0v) is 17.9. The van der Waals surface area contributed by atoms with E-state index in [1.54, 1.807) is 0 Å². The standard InChI is InChI=1S/C18H36N4O.HI/c1-3-18(8-4-5-9-18)16-21-17(19-2)20-10-6-7-11-22-12-14-23-15-13-22;/h3-16H2,1-2H3,(H2,19,20,21);1H. The van der Waals surface area contributed by atoms with Crippen LogP contribution in [0.15, 0.2) is 4.99 Å². The maximum absolute atomic E-state index is 5.38. The predicted molar refractivity (Wildman–Crippen MR) is 112 cm³/mol. The van der Waals surface area contributed by atoms with E-state index >= 15 is 0 Å². The number of aliphatic imine (C=N–C) groups is 1. The van der Waals surface area contributed by atoms with Gasteiger partial charge in [-0.2, -0.15) is 0 Å². The third-order valence-corrected chi connectivity index (χ3v) is 5.57. The summed E-state index contributed by atoms with van der Waals surface area (Å²) in [5, 5.41) is 7.02. The van der Waals surface area contributed by atoms with Crippen molar-refractivity contribution in [3.8, 4) is 0 Å². The van der Waals surface area contributed by atoms with Gasteiger partial charge in [-0.25, -0.2) is 0 Å². The van der Waals surface area contributed by atoms with Gasteiger partial charge in [0.1, 0.15) is 0 Å². The van der Waals surface area contributed by atoms with Crippen molar-refractivity contribution in [2.45, 2.75) is 51.9 Å². The fourth-order valence-electron chi connectivity index (χ4n) is 3.76. The van der Waals surface area contributed by atoms with Crippen molar-refractivity contribution < 1.29 is 4.74 Å². The van der Waals surface area contributed by atoms with Gasteiger partial charge in [0.15, 0.2) is 5.96 Å². The van der Waals surface area contributed by atoms with E-state index in [1.165, 1.54) is 51.5 Å². The highest BCUT2D eigenvalue weighted by Gasteiger charge is 2.31. The Balaban J connectivity index is 0.00000288. The number of halogens is 1. The largest absolute Gasteiger partial charge is 0.379 e. The van der Waals surface area contributed by atoms with Crippen LogP contribution in [0, 0.1) is 5.41 Å². The Morgan fingerprint density at radius 1 is 1.12 bits per heavy atom. The van der Waals surface area contributed by atoms with Crippen LogP contribution in [-0.4, -0.2) is 63.8 Å². The minimum atomic E-state index is 0. The Bertz CT molecular complexity index is 353. The maximum atomic E-state index is 5.38. The molecule has 1 aliphatic heterocycles. The van der Waals surface area contributed by atoms with Gasteiger partial charge in [-0.05, 0) is 44.1 Å². The average molecular weight is 452 g/mol. The Kier molecular flexibility index (Phi) is 11.3. The van der Waals surface area contributed by atoms with E-state index in [0.29, 0.717) is 5.41 Å². The first kappa shape index (κ1) is 22.0. The molecule has 0 spiro atoms. The van der Waals surface area contributed by atoms with E-state index in [0.717, 1.165) is 45.4 Å². The highest BCUT2D eigenvalue weighted by atomic mass is 127. The molecular formula is C18H37IN4O. The topological polar surface area (TPSA) is 48.9 Å². The molecule has 2 rings (SSSR count). The second kappa shape index (κ2) is 12.3. The molecule has 0 aromatic carbocycles. The van der Waals surface area contributed by atoms with Crippen molar-refractivity contribution in [3.05, 3.63) is 0 Å². The lowest BCUT2D eigenvalue weighted by molar-refractivity contribution is 0.0372. The van der Waals surface area contributed by atoms with Crippen LogP contribution in [0.2, 0.25) is 0 Å². The highest BCUT2D eigenvalue weighted by molar-refractivity contribution is 14.0. The molecule has 0 radical (unpaired) electrons. The number of guanidine groups is 1. The second-order valence-electron chi connectivity index (χ2n) is 7.07. The van der Waals surface area contributed by atoms with E-state index in [1.807, 2.05) is 7.05 Å². The number of nitrogens with zero attached hydrogens (tertiary/aromatic N) is 2. The molecule has 24 heavy (non-hydrogen) atoms. The molecule has 0 unspecified atom stereocenters. The van der Waals surface area contributed by atoms with Crippen molar-refractivity contribution >= 4 is 29.9 Å². The normalized spacial score (nSPS) is 21.3.